The molecule has 0 aliphatic rings. The average Bonchev–Trinajstić information content (AvgIpc) is 2.59. The molecular weight excluding hydrogens is 180 g/mol. The lowest BCUT2D eigenvalue weighted by atomic mass is 10.2. The maximum Gasteiger partial charge on any atom is 0.164 e. The molecule has 1 heterocycles. The normalized spacial score (nSPS) is 15.4. The van der Waals surface area contributed by atoms with E-state index in [9.17, 15) is 0 Å². The fourth-order valence-electron chi connectivity index (χ4n) is 1.09. The van der Waals surface area contributed by atoms with Crippen LogP contribution in [0.2, 0.25) is 0 Å². The Morgan fingerprint density at radius 3 is 2.71 bits per heavy atom. The topological polar surface area (TPSA) is 62.8 Å². The van der Waals surface area contributed by atoms with Gasteiger partial charge in [0.15, 0.2) is 5.82 Å². The highest BCUT2D eigenvalue weighted by molar-refractivity contribution is 4.87. The van der Waals surface area contributed by atoms with Crippen molar-refractivity contribution >= 4 is 0 Å². The van der Waals surface area contributed by atoms with Crippen molar-refractivity contribution in [2.45, 2.75) is 39.5 Å². The summed E-state index contributed by atoms with van der Waals surface area (Å²) in [5.74, 6) is 1.63. The Hall–Kier alpha value is -0.940. The van der Waals surface area contributed by atoms with Crippen LogP contribution in [0.25, 0.3) is 0 Å². The van der Waals surface area contributed by atoms with Crippen molar-refractivity contribution in [2.24, 2.45) is 0 Å². The van der Waals surface area contributed by atoms with Crippen LogP contribution in [0.3, 0.4) is 0 Å². The molecule has 14 heavy (non-hydrogen) atoms. The number of rotatable bonds is 5. The number of H-pyrrole nitrogens is 1. The minimum atomic E-state index is 0.190. The lowest BCUT2D eigenvalue weighted by Crippen LogP contribution is -2.36. The van der Waals surface area contributed by atoms with E-state index in [1.807, 2.05) is 13.8 Å². The van der Waals surface area contributed by atoms with Gasteiger partial charge in [-0.15, -0.1) is 0 Å². The molecule has 0 saturated carbocycles. The number of hydrogen-bond donors (Lipinski definition) is 2. The monoisotopic (exact) mass is 198 g/mol. The molecule has 0 spiro atoms. The number of hydrogen-bond acceptors (Lipinski definition) is 4. The largest absolute Gasteiger partial charge is 0.380 e. The van der Waals surface area contributed by atoms with Crippen LogP contribution >= 0.6 is 0 Å². The highest BCUT2D eigenvalue weighted by Crippen LogP contribution is 1.97. The third-order valence-corrected chi connectivity index (χ3v) is 2.30. The van der Waals surface area contributed by atoms with E-state index in [1.54, 1.807) is 7.11 Å². The van der Waals surface area contributed by atoms with Crippen molar-refractivity contribution in [3.05, 3.63) is 11.6 Å². The molecule has 5 nitrogen and oxygen atoms in total. The van der Waals surface area contributed by atoms with Crippen molar-refractivity contribution in [2.75, 3.05) is 7.11 Å². The summed E-state index contributed by atoms with van der Waals surface area (Å²) in [5, 5.41) is 10.1. The first-order valence-electron chi connectivity index (χ1n) is 4.77. The standard InChI is InChI=1S/C9H18N4O/c1-6(7(2)14-4)10-5-9-11-8(3)12-13-9/h6-7,10H,5H2,1-4H3,(H,11,12,13). The van der Waals surface area contributed by atoms with Gasteiger partial charge in [0, 0.05) is 13.2 Å². The lowest BCUT2D eigenvalue weighted by molar-refractivity contribution is 0.0880. The summed E-state index contributed by atoms with van der Waals surface area (Å²) in [4.78, 5) is 4.20. The van der Waals surface area contributed by atoms with Gasteiger partial charge < -0.3 is 10.1 Å². The Morgan fingerprint density at radius 1 is 1.50 bits per heavy atom. The summed E-state index contributed by atoms with van der Waals surface area (Å²) in [7, 11) is 1.71. The van der Waals surface area contributed by atoms with E-state index in [0.29, 0.717) is 12.6 Å². The molecule has 0 aromatic carbocycles. The van der Waals surface area contributed by atoms with Gasteiger partial charge >= 0.3 is 0 Å². The van der Waals surface area contributed by atoms with Crippen LogP contribution in [0, 0.1) is 6.92 Å². The predicted molar refractivity (Wildman–Crippen MR) is 53.9 cm³/mol. The number of ether oxygens (including phenoxy) is 1. The molecule has 0 saturated heterocycles. The number of methoxy groups -OCH3 is 1. The van der Waals surface area contributed by atoms with Gasteiger partial charge in [-0.05, 0) is 20.8 Å². The Morgan fingerprint density at radius 2 is 2.21 bits per heavy atom. The van der Waals surface area contributed by atoms with Crippen LogP contribution in [0.5, 0.6) is 0 Å². The molecule has 2 atom stereocenters. The Kier molecular flexibility index (Phi) is 4.03. The first-order valence-corrected chi connectivity index (χ1v) is 4.77. The molecule has 0 bridgehead atoms. The molecule has 1 aromatic rings. The Balaban J connectivity index is 2.33. The molecule has 80 valence electrons. The molecule has 0 radical (unpaired) electrons. The molecule has 2 unspecified atom stereocenters. The van der Waals surface area contributed by atoms with E-state index in [4.69, 9.17) is 4.74 Å². The molecule has 2 N–H and O–H groups in total. The second kappa shape index (κ2) is 5.07. The number of nitrogens with zero attached hydrogens (tertiary/aromatic N) is 2. The zero-order chi connectivity index (χ0) is 10.6. The maximum absolute atomic E-state index is 5.19. The molecule has 0 fully saturated rings. The highest BCUT2D eigenvalue weighted by Gasteiger charge is 2.10. The van der Waals surface area contributed by atoms with E-state index in [-0.39, 0.29) is 6.10 Å². The van der Waals surface area contributed by atoms with Crippen LogP contribution < -0.4 is 5.32 Å². The van der Waals surface area contributed by atoms with Crippen LogP contribution in [-0.2, 0) is 11.3 Å². The SMILES string of the molecule is COC(C)C(C)NCc1n[nH]c(C)n1. The number of aryl methyl sites for hydroxylation is 1. The smallest absolute Gasteiger partial charge is 0.164 e. The highest BCUT2D eigenvalue weighted by atomic mass is 16.5. The van der Waals surface area contributed by atoms with E-state index in [1.165, 1.54) is 0 Å². The minimum absolute atomic E-state index is 0.190. The Bertz CT molecular complexity index is 274. The van der Waals surface area contributed by atoms with Crippen molar-refractivity contribution in [3.63, 3.8) is 0 Å². The molecule has 5 heteroatoms. The van der Waals surface area contributed by atoms with Gasteiger partial charge in [0.1, 0.15) is 5.82 Å². The molecular formula is C9H18N4O. The molecule has 0 aliphatic carbocycles. The van der Waals surface area contributed by atoms with E-state index < -0.39 is 0 Å². The van der Waals surface area contributed by atoms with Gasteiger partial charge in [0.25, 0.3) is 0 Å². The molecule has 1 aromatic heterocycles. The van der Waals surface area contributed by atoms with E-state index in [2.05, 4.69) is 27.4 Å². The van der Waals surface area contributed by atoms with Crippen molar-refractivity contribution in [1.82, 2.24) is 20.5 Å². The summed E-state index contributed by atoms with van der Waals surface area (Å²) in [6.45, 7) is 6.66. The predicted octanol–water partition coefficient (Wildman–Crippen LogP) is 0.626. The second-order valence-corrected chi connectivity index (χ2v) is 3.45. The third-order valence-electron chi connectivity index (χ3n) is 2.30. The van der Waals surface area contributed by atoms with Gasteiger partial charge in [-0.3, -0.25) is 5.10 Å². The molecule has 0 amide bonds. The summed E-state index contributed by atoms with van der Waals surface area (Å²) >= 11 is 0. The zero-order valence-electron chi connectivity index (χ0n) is 9.16. The quantitative estimate of drug-likeness (QED) is 0.728. The zero-order valence-corrected chi connectivity index (χ0v) is 9.16. The summed E-state index contributed by atoms with van der Waals surface area (Å²) < 4.78 is 5.19. The number of aromatic nitrogens is 3. The van der Waals surface area contributed by atoms with Crippen molar-refractivity contribution in [1.29, 1.82) is 0 Å². The third kappa shape index (κ3) is 3.08. The fraction of sp³-hybridized carbons (Fsp3) is 0.778. The van der Waals surface area contributed by atoms with Crippen LogP contribution in [0.1, 0.15) is 25.5 Å². The summed E-state index contributed by atoms with van der Waals surface area (Å²) in [6.07, 6.45) is 0.190. The number of nitrogens with one attached hydrogen (secondary N) is 2. The van der Waals surface area contributed by atoms with Crippen molar-refractivity contribution in [3.8, 4) is 0 Å². The first kappa shape index (κ1) is 11.1. The second-order valence-electron chi connectivity index (χ2n) is 3.45. The van der Waals surface area contributed by atoms with Gasteiger partial charge in [0.05, 0.1) is 12.6 Å². The molecule has 0 aliphatic heterocycles. The van der Waals surface area contributed by atoms with E-state index >= 15 is 0 Å². The Labute approximate surface area is 84.3 Å². The van der Waals surface area contributed by atoms with E-state index in [0.717, 1.165) is 11.6 Å². The average molecular weight is 198 g/mol. The van der Waals surface area contributed by atoms with Crippen LogP contribution in [0.15, 0.2) is 0 Å². The first-order chi connectivity index (χ1) is 6.63. The van der Waals surface area contributed by atoms with Gasteiger partial charge in [-0.1, -0.05) is 0 Å². The van der Waals surface area contributed by atoms with Gasteiger partial charge in [0.2, 0.25) is 0 Å². The fourth-order valence-corrected chi connectivity index (χ4v) is 1.09. The van der Waals surface area contributed by atoms with Crippen LogP contribution in [-0.4, -0.2) is 34.4 Å². The summed E-state index contributed by atoms with van der Waals surface area (Å²) in [5.41, 5.74) is 0. The lowest BCUT2D eigenvalue weighted by Gasteiger charge is -2.18. The summed E-state index contributed by atoms with van der Waals surface area (Å²) in [6, 6.07) is 0.291. The van der Waals surface area contributed by atoms with Gasteiger partial charge in [-0.25, -0.2) is 4.98 Å². The number of aromatic amines is 1. The molecule has 1 rings (SSSR count). The van der Waals surface area contributed by atoms with Crippen LogP contribution in [0.4, 0.5) is 0 Å². The minimum Gasteiger partial charge on any atom is -0.380 e. The van der Waals surface area contributed by atoms with Gasteiger partial charge in [-0.2, -0.15) is 5.10 Å². The maximum atomic E-state index is 5.19. The van der Waals surface area contributed by atoms with Crippen molar-refractivity contribution < 1.29 is 4.74 Å².